The first-order valence-electron chi connectivity index (χ1n) is 5.83. The minimum Gasteiger partial charge on any atom is -0.493 e. The van der Waals surface area contributed by atoms with Crippen molar-refractivity contribution in [2.45, 2.75) is 25.2 Å². The zero-order valence-electron chi connectivity index (χ0n) is 9.80. The molecule has 18 heavy (non-hydrogen) atoms. The van der Waals surface area contributed by atoms with E-state index in [1.165, 1.54) is 12.1 Å². The molecule has 1 aliphatic rings. The van der Waals surface area contributed by atoms with Crippen LogP contribution in [0.1, 0.15) is 30.7 Å². The van der Waals surface area contributed by atoms with Crippen LogP contribution in [-0.4, -0.2) is 25.3 Å². The van der Waals surface area contributed by atoms with Gasteiger partial charge in [-0.05, 0) is 31.0 Å². The number of hydrogen-bond acceptors (Lipinski definition) is 3. The molecule has 1 aromatic carbocycles. The first-order chi connectivity index (χ1) is 8.46. The number of hydrogen-bond donors (Lipinski definition) is 1. The summed E-state index contributed by atoms with van der Waals surface area (Å²) in [4.78, 5) is 0. The van der Waals surface area contributed by atoms with Crippen molar-refractivity contribution in [3.63, 3.8) is 0 Å². The summed E-state index contributed by atoms with van der Waals surface area (Å²) in [5, 5.41) is 0. The highest BCUT2D eigenvalue weighted by Gasteiger charge is 2.24. The highest BCUT2D eigenvalue weighted by molar-refractivity contribution is 7.85. The van der Waals surface area contributed by atoms with E-state index in [4.69, 9.17) is 9.29 Å². The molecular weight excluding hydrogens is 259 g/mol. The summed E-state index contributed by atoms with van der Waals surface area (Å²) in [6.45, 7) is 0.505. The third-order valence-electron chi connectivity index (χ3n) is 3.06. The Morgan fingerprint density at radius 2 is 2.17 bits per heavy atom. The molecule has 0 bridgehead atoms. The van der Waals surface area contributed by atoms with Crippen LogP contribution in [0.5, 0.6) is 5.75 Å². The molecule has 0 spiro atoms. The molecule has 100 valence electrons. The number of ether oxygens (including phenoxy) is 1. The maximum Gasteiger partial charge on any atom is 0.264 e. The number of fused-ring (bicyclic) bond motifs is 1. The molecule has 0 radical (unpaired) electrons. The van der Waals surface area contributed by atoms with Gasteiger partial charge in [-0.2, -0.15) is 8.42 Å². The van der Waals surface area contributed by atoms with Gasteiger partial charge < -0.3 is 4.74 Å². The van der Waals surface area contributed by atoms with Crippen LogP contribution in [0, 0.1) is 5.82 Å². The van der Waals surface area contributed by atoms with Crippen LogP contribution in [0.4, 0.5) is 4.39 Å². The van der Waals surface area contributed by atoms with E-state index in [1.807, 2.05) is 0 Å². The van der Waals surface area contributed by atoms with Crippen LogP contribution in [-0.2, 0) is 10.1 Å². The van der Waals surface area contributed by atoms with E-state index in [9.17, 15) is 12.8 Å². The summed E-state index contributed by atoms with van der Waals surface area (Å²) < 4.78 is 48.2. The number of benzene rings is 1. The zero-order chi connectivity index (χ0) is 13.2. The zero-order valence-corrected chi connectivity index (χ0v) is 10.6. The van der Waals surface area contributed by atoms with Gasteiger partial charge in [-0.3, -0.25) is 4.55 Å². The fourth-order valence-corrected chi connectivity index (χ4v) is 2.73. The van der Waals surface area contributed by atoms with E-state index >= 15 is 0 Å². The minimum atomic E-state index is -3.88. The van der Waals surface area contributed by atoms with Crippen molar-refractivity contribution in [2.24, 2.45) is 0 Å². The summed E-state index contributed by atoms with van der Waals surface area (Å²) in [5.74, 6) is 0.298. The van der Waals surface area contributed by atoms with Crippen LogP contribution in [0.25, 0.3) is 0 Å². The average molecular weight is 274 g/mol. The van der Waals surface area contributed by atoms with Crippen molar-refractivity contribution >= 4 is 10.1 Å². The quantitative estimate of drug-likeness (QED) is 0.661. The molecule has 1 heterocycles. The Bertz CT molecular complexity index is 527. The van der Waals surface area contributed by atoms with Gasteiger partial charge in [0.1, 0.15) is 11.6 Å². The van der Waals surface area contributed by atoms with E-state index in [-0.39, 0.29) is 17.5 Å². The second-order valence-electron chi connectivity index (χ2n) is 4.47. The molecule has 0 aromatic heterocycles. The Morgan fingerprint density at radius 1 is 1.39 bits per heavy atom. The number of unbranched alkanes of at least 4 members (excludes halogenated alkanes) is 1. The van der Waals surface area contributed by atoms with Crippen LogP contribution < -0.4 is 4.74 Å². The first kappa shape index (κ1) is 13.3. The Balaban J connectivity index is 1.88. The van der Waals surface area contributed by atoms with Crippen molar-refractivity contribution < 1.29 is 22.1 Å². The largest absolute Gasteiger partial charge is 0.493 e. The van der Waals surface area contributed by atoms with Crippen molar-refractivity contribution in [3.8, 4) is 5.75 Å². The van der Waals surface area contributed by atoms with Crippen molar-refractivity contribution in [2.75, 3.05) is 12.4 Å². The third kappa shape index (κ3) is 3.43. The van der Waals surface area contributed by atoms with E-state index in [1.54, 1.807) is 6.07 Å². The second-order valence-corrected chi connectivity index (χ2v) is 6.04. The van der Waals surface area contributed by atoms with Gasteiger partial charge in [0.2, 0.25) is 0 Å². The maximum absolute atomic E-state index is 13.1. The average Bonchev–Trinajstić information content (AvgIpc) is 2.66. The van der Waals surface area contributed by atoms with Gasteiger partial charge in [-0.1, -0.05) is 6.42 Å². The summed E-state index contributed by atoms with van der Waals surface area (Å²) in [7, 11) is -3.88. The summed E-state index contributed by atoms with van der Waals surface area (Å²) >= 11 is 0. The standard InChI is InChI=1S/C12H15FO4S/c13-10-4-5-12-11(7-10)9(8-17-12)3-1-2-6-18(14,15)16/h4-5,7,9H,1-3,6,8H2,(H,14,15,16). The van der Waals surface area contributed by atoms with Gasteiger partial charge in [0.25, 0.3) is 10.1 Å². The fraction of sp³-hybridized carbons (Fsp3) is 0.500. The van der Waals surface area contributed by atoms with Crippen molar-refractivity contribution in [3.05, 3.63) is 29.6 Å². The van der Waals surface area contributed by atoms with Gasteiger partial charge in [-0.15, -0.1) is 0 Å². The highest BCUT2D eigenvalue weighted by atomic mass is 32.2. The lowest BCUT2D eigenvalue weighted by Crippen LogP contribution is -2.05. The molecule has 1 unspecified atom stereocenters. The van der Waals surface area contributed by atoms with E-state index in [0.29, 0.717) is 25.2 Å². The molecule has 0 amide bonds. The van der Waals surface area contributed by atoms with E-state index in [0.717, 1.165) is 12.0 Å². The first-order valence-corrected chi connectivity index (χ1v) is 7.44. The molecule has 0 saturated heterocycles. The van der Waals surface area contributed by atoms with Crippen LogP contribution in [0.2, 0.25) is 0 Å². The normalized spacial score (nSPS) is 18.4. The molecule has 0 fully saturated rings. The second kappa shape index (κ2) is 5.24. The lowest BCUT2D eigenvalue weighted by Gasteiger charge is -2.07. The predicted octanol–water partition coefficient (Wildman–Crippen LogP) is 2.36. The van der Waals surface area contributed by atoms with E-state index in [2.05, 4.69) is 0 Å². The van der Waals surface area contributed by atoms with Crippen LogP contribution in [0.15, 0.2) is 18.2 Å². The topological polar surface area (TPSA) is 63.6 Å². The SMILES string of the molecule is O=S(=O)(O)CCCCC1COc2ccc(F)cc21. The molecular formula is C12H15FO4S. The van der Waals surface area contributed by atoms with Crippen LogP contribution in [0.3, 0.4) is 0 Å². The highest BCUT2D eigenvalue weighted by Crippen LogP contribution is 2.37. The molecule has 2 rings (SSSR count). The summed E-state index contributed by atoms with van der Waals surface area (Å²) in [6, 6.07) is 4.44. The van der Waals surface area contributed by atoms with Gasteiger partial charge >= 0.3 is 0 Å². The molecule has 1 aliphatic heterocycles. The van der Waals surface area contributed by atoms with Crippen molar-refractivity contribution in [1.82, 2.24) is 0 Å². The fourth-order valence-electron chi connectivity index (χ4n) is 2.16. The molecule has 0 aliphatic carbocycles. The monoisotopic (exact) mass is 274 g/mol. The Labute approximate surface area is 106 Å². The van der Waals surface area contributed by atoms with Crippen LogP contribution >= 0.6 is 0 Å². The molecule has 4 nitrogen and oxygen atoms in total. The smallest absolute Gasteiger partial charge is 0.264 e. The molecule has 1 aromatic rings. The summed E-state index contributed by atoms with van der Waals surface area (Å²) in [5.41, 5.74) is 0.849. The van der Waals surface area contributed by atoms with Gasteiger partial charge in [0.05, 0.1) is 12.4 Å². The lowest BCUT2D eigenvalue weighted by molar-refractivity contribution is 0.323. The van der Waals surface area contributed by atoms with Crippen molar-refractivity contribution in [1.29, 1.82) is 0 Å². The number of halogens is 1. The Morgan fingerprint density at radius 3 is 2.89 bits per heavy atom. The van der Waals surface area contributed by atoms with E-state index < -0.39 is 10.1 Å². The minimum absolute atomic E-state index is 0.108. The molecule has 1 N–H and O–H groups in total. The van der Waals surface area contributed by atoms with Gasteiger partial charge in [0, 0.05) is 11.5 Å². The Hall–Kier alpha value is -1.14. The van der Waals surface area contributed by atoms with Gasteiger partial charge in [0.15, 0.2) is 0 Å². The summed E-state index contributed by atoms with van der Waals surface area (Å²) in [6.07, 6.45) is 1.79. The predicted molar refractivity (Wildman–Crippen MR) is 64.9 cm³/mol. The Kier molecular flexibility index (Phi) is 3.87. The van der Waals surface area contributed by atoms with Gasteiger partial charge in [-0.25, -0.2) is 4.39 Å². The maximum atomic E-state index is 13.1. The molecule has 0 saturated carbocycles. The molecule has 6 heteroatoms. The third-order valence-corrected chi connectivity index (χ3v) is 3.86. The molecule has 1 atom stereocenters. The lowest BCUT2D eigenvalue weighted by atomic mass is 9.96. The number of rotatable bonds is 5.